The first-order valence-corrected chi connectivity index (χ1v) is 5.41. The fraction of sp³-hybridized carbons (Fsp3) is 0.556. The predicted molar refractivity (Wildman–Crippen MR) is 58.6 cm³/mol. The van der Waals surface area contributed by atoms with Crippen LogP contribution in [0.25, 0.3) is 0 Å². The molecule has 0 aromatic carbocycles. The second-order valence-electron chi connectivity index (χ2n) is 3.37. The number of amides is 1. The van der Waals surface area contributed by atoms with E-state index >= 15 is 0 Å². The summed E-state index contributed by atoms with van der Waals surface area (Å²) in [5.41, 5.74) is 0.974. The minimum absolute atomic E-state index is 0.00662. The lowest BCUT2D eigenvalue weighted by Crippen LogP contribution is -2.34. The molecule has 0 spiro atoms. The zero-order chi connectivity index (χ0) is 10.6. The fourth-order valence-corrected chi connectivity index (χ4v) is 1.65. The maximum Gasteiger partial charge on any atom is 0.239 e. The standard InChI is InChI=1S/C9H15N3OS/c1-6(2)11-8(13)4-10-9-12-7(3)5-14-9/h5-6H,4H2,1-3H3,(H,10,12)(H,11,13). The van der Waals surface area contributed by atoms with E-state index in [2.05, 4.69) is 15.6 Å². The van der Waals surface area contributed by atoms with Gasteiger partial charge in [0, 0.05) is 11.4 Å². The number of thiazole rings is 1. The Labute approximate surface area is 87.7 Å². The van der Waals surface area contributed by atoms with E-state index in [1.807, 2.05) is 26.2 Å². The lowest BCUT2D eigenvalue weighted by molar-refractivity contribution is -0.119. The van der Waals surface area contributed by atoms with Crippen LogP contribution in [-0.4, -0.2) is 23.5 Å². The molecule has 4 nitrogen and oxygen atoms in total. The van der Waals surface area contributed by atoms with Crippen LogP contribution < -0.4 is 10.6 Å². The van der Waals surface area contributed by atoms with Gasteiger partial charge in [-0.15, -0.1) is 11.3 Å². The highest BCUT2D eigenvalue weighted by Crippen LogP contribution is 2.13. The van der Waals surface area contributed by atoms with Gasteiger partial charge in [0.05, 0.1) is 12.2 Å². The Morgan fingerprint density at radius 1 is 1.64 bits per heavy atom. The Morgan fingerprint density at radius 2 is 2.36 bits per heavy atom. The molecular weight excluding hydrogens is 198 g/mol. The monoisotopic (exact) mass is 213 g/mol. The second kappa shape index (κ2) is 4.95. The van der Waals surface area contributed by atoms with Gasteiger partial charge in [-0.05, 0) is 20.8 Å². The molecular formula is C9H15N3OS. The molecule has 1 aromatic heterocycles. The number of hydrogen-bond acceptors (Lipinski definition) is 4. The van der Waals surface area contributed by atoms with Crippen molar-refractivity contribution in [3.63, 3.8) is 0 Å². The molecule has 1 amide bonds. The number of nitrogens with one attached hydrogen (secondary N) is 2. The quantitative estimate of drug-likeness (QED) is 0.794. The normalized spacial score (nSPS) is 10.3. The maximum absolute atomic E-state index is 11.2. The topological polar surface area (TPSA) is 54.0 Å². The first-order chi connectivity index (χ1) is 6.58. The number of nitrogens with zero attached hydrogens (tertiary/aromatic N) is 1. The summed E-state index contributed by atoms with van der Waals surface area (Å²) >= 11 is 1.51. The van der Waals surface area contributed by atoms with Crippen LogP contribution in [-0.2, 0) is 4.79 Å². The van der Waals surface area contributed by atoms with Gasteiger partial charge in [-0.3, -0.25) is 4.79 Å². The molecule has 5 heteroatoms. The Morgan fingerprint density at radius 3 is 2.86 bits per heavy atom. The molecule has 14 heavy (non-hydrogen) atoms. The van der Waals surface area contributed by atoms with E-state index in [9.17, 15) is 4.79 Å². The number of rotatable bonds is 4. The van der Waals surface area contributed by atoms with Gasteiger partial charge in [0.25, 0.3) is 0 Å². The van der Waals surface area contributed by atoms with Crippen LogP contribution in [0.4, 0.5) is 5.13 Å². The molecule has 2 N–H and O–H groups in total. The minimum atomic E-state index is -0.00662. The summed E-state index contributed by atoms with van der Waals surface area (Å²) in [6, 6.07) is 0.183. The van der Waals surface area contributed by atoms with Crippen molar-refractivity contribution in [3.8, 4) is 0 Å². The van der Waals surface area contributed by atoms with E-state index in [0.29, 0.717) is 0 Å². The third-order valence-electron chi connectivity index (χ3n) is 1.47. The summed E-state index contributed by atoms with van der Waals surface area (Å²) in [5, 5.41) is 8.50. The summed E-state index contributed by atoms with van der Waals surface area (Å²) in [6.45, 7) is 6.08. The molecule has 1 heterocycles. The molecule has 0 fully saturated rings. The van der Waals surface area contributed by atoms with Crippen LogP contribution in [0.1, 0.15) is 19.5 Å². The van der Waals surface area contributed by atoms with Crippen molar-refractivity contribution in [2.24, 2.45) is 0 Å². The molecule has 1 aromatic rings. The average molecular weight is 213 g/mol. The maximum atomic E-state index is 11.2. The lowest BCUT2D eigenvalue weighted by atomic mass is 10.4. The van der Waals surface area contributed by atoms with Crippen LogP contribution >= 0.6 is 11.3 Å². The van der Waals surface area contributed by atoms with E-state index in [-0.39, 0.29) is 18.5 Å². The molecule has 0 unspecified atom stereocenters. The third-order valence-corrected chi connectivity index (χ3v) is 2.39. The van der Waals surface area contributed by atoms with Gasteiger partial charge in [-0.2, -0.15) is 0 Å². The van der Waals surface area contributed by atoms with Crippen LogP contribution in [0.5, 0.6) is 0 Å². The zero-order valence-corrected chi connectivity index (χ0v) is 9.44. The van der Waals surface area contributed by atoms with Crippen LogP contribution in [0.15, 0.2) is 5.38 Å². The summed E-state index contributed by atoms with van der Waals surface area (Å²) in [7, 11) is 0. The van der Waals surface area contributed by atoms with Crippen molar-refractivity contribution in [1.82, 2.24) is 10.3 Å². The molecule has 0 aliphatic rings. The van der Waals surface area contributed by atoms with Gasteiger partial charge in [0.15, 0.2) is 5.13 Å². The van der Waals surface area contributed by atoms with Crippen molar-refractivity contribution in [2.75, 3.05) is 11.9 Å². The van der Waals surface area contributed by atoms with Crippen molar-refractivity contribution in [2.45, 2.75) is 26.8 Å². The van der Waals surface area contributed by atoms with E-state index in [1.54, 1.807) is 0 Å². The van der Waals surface area contributed by atoms with E-state index in [4.69, 9.17) is 0 Å². The molecule has 0 aliphatic heterocycles. The Bertz CT molecular complexity index is 309. The first kappa shape index (κ1) is 11.0. The van der Waals surface area contributed by atoms with Gasteiger partial charge in [0.2, 0.25) is 5.91 Å². The number of carbonyl (C=O) groups excluding carboxylic acids is 1. The van der Waals surface area contributed by atoms with Gasteiger partial charge >= 0.3 is 0 Å². The Kier molecular flexibility index (Phi) is 3.88. The number of anilines is 1. The lowest BCUT2D eigenvalue weighted by Gasteiger charge is -2.08. The van der Waals surface area contributed by atoms with Crippen LogP contribution in [0, 0.1) is 6.92 Å². The predicted octanol–water partition coefficient (Wildman–Crippen LogP) is 1.39. The molecule has 0 radical (unpaired) electrons. The van der Waals surface area contributed by atoms with Gasteiger partial charge in [-0.1, -0.05) is 0 Å². The van der Waals surface area contributed by atoms with Crippen LogP contribution in [0.3, 0.4) is 0 Å². The first-order valence-electron chi connectivity index (χ1n) is 4.53. The number of aromatic nitrogens is 1. The minimum Gasteiger partial charge on any atom is -0.352 e. The molecule has 78 valence electrons. The van der Waals surface area contributed by atoms with E-state index in [1.165, 1.54) is 11.3 Å². The van der Waals surface area contributed by atoms with E-state index in [0.717, 1.165) is 10.8 Å². The van der Waals surface area contributed by atoms with Crippen LogP contribution in [0.2, 0.25) is 0 Å². The molecule has 0 aliphatic carbocycles. The zero-order valence-electron chi connectivity index (χ0n) is 8.63. The second-order valence-corrected chi connectivity index (χ2v) is 4.23. The summed E-state index contributed by atoms with van der Waals surface area (Å²) in [5.74, 6) is -0.00662. The third kappa shape index (κ3) is 3.74. The highest BCUT2D eigenvalue weighted by Gasteiger charge is 2.03. The van der Waals surface area contributed by atoms with Gasteiger partial charge in [0.1, 0.15) is 0 Å². The molecule has 1 rings (SSSR count). The molecule has 0 saturated carbocycles. The van der Waals surface area contributed by atoms with Gasteiger partial charge in [-0.25, -0.2) is 4.98 Å². The Hall–Kier alpha value is -1.10. The fourth-order valence-electron chi connectivity index (χ4n) is 0.964. The smallest absolute Gasteiger partial charge is 0.239 e. The van der Waals surface area contributed by atoms with Crippen molar-refractivity contribution in [3.05, 3.63) is 11.1 Å². The van der Waals surface area contributed by atoms with Crippen molar-refractivity contribution >= 4 is 22.4 Å². The summed E-state index contributed by atoms with van der Waals surface area (Å²) < 4.78 is 0. The summed E-state index contributed by atoms with van der Waals surface area (Å²) in [6.07, 6.45) is 0. The number of aryl methyl sites for hydroxylation is 1. The SMILES string of the molecule is Cc1csc(NCC(=O)NC(C)C)n1. The van der Waals surface area contributed by atoms with Crippen molar-refractivity contribution < 1.29 is 4.79 Å². The highest BCUT2D eigenvalue weighted by molar-refractivity contribution is 7.13. The van der Waals surface area contributed by atoms with Gasteiger partial charge < -0.3 is 10.6 Å². The van der Waals surface area contributed by atoms with Crippen molar-refractivity contribution in [1.29, 1.82) is 0 Å². The largest absolute Gasteiger partial charge is 0.352 e. The molecule has 0 bridgehead atoms. The highest BCUT2D eigenvalue weighted by atomic mass is 32.1. The Balaban J connectivity index is 2.30. The number of carbonyl (C=O) groups is 1. The molecule has 0 atom stereocenters. The molecule has 0 saturated heterocycles. The van der Waals surface area contributed by atoms with E-state index < -0.39 is 0 Å². The summed E-state index contributed by atoms with van der Waals surface area (Å²) in [4.78, 5) is 15.4. The average Bonchev–Trinajstić information content (AvgIpc) is 2.47. The number of hydrogen-bond donors (Lipinski definition) is 2.